The molecule has 0 saturated heterocycles. The van der Waals surface area contributed by atoms with Crippen molar-refractivity contribution in [3.8, 4) is 11.3 Å². The lowest BCUT2D eigenvalue weighted by Gasteiger charge is -2.13. The third-order valence-electron chi connectivity index (χ3n) is 3.63. The minimum absolute atomic E-state index is 0.0736. The van der Waals surface area contributed by atoms with E-state index in [1.807, 2.05) is 6.92 Å². The van der Waals surface area contributed by atoms with Gasteiger partial charge in [-0.25, -0.2) is 14.4 Å². The van der Waals surface area contributed by atoms with Crippen molar-refractivity contribution < 1.29 is 4.39 Å². The fourth-order valence-corrected chi connectivity index (χ4v) is 2.74. The number of nitrogens with zero attached hydrogens (tertiary/aromatic N) is 2. The number of aromatic nitrogens is 2. The Balaban J connectivity index is 2.21. The molecule has 0 bridgehead atoms. The Kier molecular flexibility index (Phi) is 3.88. The average Bonchev–Trinajstić information content (AvgIpc) is 3.30. The van der Waals surface area contributed by atoms with E-state index >= 15 is 0 Å². The molecule has 0 spiro atoms. The monoisotopic (exact) mass is 369 g/mol. The molecule has 1 heterocycles. The molecule has 1 aromatic carbocycles. The summed E-state index contributed by atoms with van der Waals surface area (Å²) in [4.78, 5) is 9.10. The van der Waals surface area contributed by atoms with E-state index in [0.717, 1.165) is 30.0 Å². The maximum atomic E-state index is 14.5. The van der Waals surface area contributed by atoms with E-state index in [-0.39, 0.29) is 5.02 Å². The van der Waals surface area contributed by atoms with Gasteiger partial charge in [-0.05, 0) is 47.8 Å². The summed E-state index contributed by atoms with van der Waals surface area (Å²) in [5.74, 6) is 1.45. The van der Waals surface area contributed by atoms with E-state index in [0.29, 0.717) is 21.6 Å². The van der Waals surface area contributed by atoms with Crippen molar-refractivity contribution in [1.29, 1.82) is 0 Å². The highest BCUT2D eigenvalue weighted by atomic mass is 79.9. The predicted molar refractivity (Wildman–Crippen MR) is 86.4 cm³/mol. The standard InChI is InChI=1S/C15H14BrClFN3/c1-7-13(9-5-6-10(16)11(17)12(9)18)20-15(8-3-4-8)21-14(7)19-2/h5-6,8H,3-4H2,1-2H3,(H,19,20,21). The van der Waals surface area contributed by atoms with Crippen LogP contribution in [-0.2, 0) is 0 Å². The van der Waals surface area contributed by atoms with E-state index in [1.165, 1.54) is 0 Å². The van der Waals surface area contributed by atoms with Crippen LogP contribution in [0.2, 0.25) is 5.02 Å². The molecule has 0 unspecified atom stereocenters. The summed E-state index contributed by atoms with van der Waals surface area (Å²) in [5.41, 5.74) is 1.82. The van der Waals surface area contributed by atoms with Crippen molar-refractivity contribution in [3.63, 3.8) is 0 Å². The van der Waals surface area contributed by atoms with Crippen molar-refractivity contribution in [2.75, 3.05) is 12.4 Å². The van der Waals surface area contributed by atoms with Gasteiger partial charge in [0.05, 0.1) is 10.7 Å². The van der Waals surface area contributed by atoms with Crippen molar-refractivity contribution in [2.45, 2.75) is 25.7 Å². The second-order valence-electron chi connectivity index (χ2n) is 5.15. The van der Waals surface area contributed by atoms with Crippen LogP contribution < -0.4 is 5.32 Å². The predicted octanol–water partition coefficient (Wildman–Crippen LogP) is 4.93. The topological polar surface area (TPSA) is 37.8 Å². The van der Waals surface area contributed by atoms with Gasteiger partial charge in [0.1, 0.15) is 11.6 Å². The van der Waals surface area contributed by atoms with Gasteiger partial charge < -0.3 is 5.32 Å². The fraction of sp³-hybridized carbons (Fsp3) is 0.333. The first-order chi connectivity index (χ1) is 10.0. The quantitative estimate of drug-likeness (QED) is 0.779. The Morgan fingerprint density at radius 1 is 1.33 bits per heavy atom. The van der Waals surface area contributed by atoms with Gasteiger partial charge in [-0.1, -0.05) is 11.6 Å². The zero-order valence-electron chi connectivity index (χ0n) is 11.7. The zero-order valence-corrected chi connectivity index (χ0v) is 14.0. The van der Waals surface area contributed by atoms with E-state index in [1.54, 1.807) is 19.2 Å². The third-order valence-corrected chi connectivity index (χ3v) is 4.89. The Labute approximate surface area is 136 Å². The number of nitrogens with one attached hydrogen (secondary N) is 1. The van der Waals surface area contributed by atoms with E-state index in [4.69, 9.17) is 11.6 Å². The summed E-state index contributed by atoms with van der Waals surface area (Å²) in [7, 11) is 1.81. The van der Waals surface area contributed by atoms with Crippen LogP contribution >= 0.6 is 27.5 Å². The molecule has 1 aliphatic carbocycles. The van der Waals surface area contributed by atoms with Crippen LogP contribution in [0.25, 0.3) is 11.3 Å². The SMILES string of the molecule is CNc1nc(C2CC2)nc(-c2ccc(Br)c(Cl)c2F)c1C. The minimum atomic E-state index is -0.461. The third kappa shape index (κ3) is 2.64. The first-order valence-corrected chi connectivity index (χ1v) is 7.90. The molecule has 2 aromatic rings. The fourth-order valence-electron chi connectivity index (χ4n) is 2.27. The van der Waals surface area contributed by atoms with Gasteiger partial charge in [-0.3, -0.25) is 0 Å². The first kappa shape index (κ1) is 14.7. The molecule has 0 aliphatic heterocycles. The van der Waals surface area contributed by atoms with Crippen LogP contribution in [-0.4, -0.2) is 17.0 Å². The van der Waals surface area contributed by atoms with Crippen molar-refractivity contribution in [1.82, 2.24) is 9.97 Å². The molecule has 1 aromatic heterocycles. The maximum Gasteiger partial charge on any atom is 0.152 e. The number of anilines is 1. The van der Waals surface area contributed by atoms with Gasteiger partial charge in [0, 0.05) is 28.6 Å². The Morgan fingerprint density at radius 3 is 2.67 bits per heavy atom. The molecule has 0 radical (unpaired) electrons. The maximum absolute atomic E-state index is 14.5. The summed E-state index contributed by atoms with van der Waals surface area (Å²) >= 11 is 9.22. The smallest absolute Gasteiger partial charge is 0.152 e. The normalized spacial score (nSPS) is 14.3. The minimum Gasteiger partial charge on any atom is -0.373 e. The molecule has 1 N–H and O–H groups in total. The van der Waals surface area contributed by atoms with Crippen molar-refractivity contribution >= 4 is 33.3 Å². The lowest BCUT2D eigenvalue weighted by atomic mass is 10.1. The Morgan fingerprint density at radius 2 is 2.05 bits per heavy atom. The highest BCUT2D eigenvalue weighted by molar-refractivity contribution is 9.10. The molecule has 0 amide bonds. The number of halogens is 3. The zero-order chi connectivity index (χ0) is 15.1. The molecule has 0 atom stereocenters. The van der Waals surface area contributed by atoms with Crippen LogP contribution in [0.5, 0.6) is 0 Å². The number of rotatable bonds is 3. The van der Waals surface area contributed by atoms with Crippen LogP contribution in [0.15, 0.2) is 16.6 Å². The van der Waals surface area contributed by atoms with Crippen LogP contribution in [0.3, 0.4) is 0 Å². The second kappa shape index (κ2) is 5.54. The van der Waals surface area contributed by atoms with Crippen LogP contribution in [0, 0.1) is 12.7 Å². The highest BCUT2D eigenvalue weighted by Gasteiger charge is 2.29. The Hall–Kier alpha value is -1.20. The first-order valence-electron chi connectivity index (χ1n) is 6.73. The summed E-state index contributed by atoms with van der Waals surface area (Å²) in [6, 6.07) is 3.43. The summed E-state index contributed by atoms with van der Waals surface area (Å²) < 4.78 is 15.0. The molecular weight excluding hydrogens is 357 g/mol. The molecule has 1 saturated carbocycles. The van der Waals surface area contributed by atoms with Crippen LogP contribution in [0.1, 0.15) is 30.1 Å². The average molecular weight is 371 g/mol. The molecule has 21 heavy (non-hydrogen) atoms. The number of hydrogen-bond donors (Lipinski definition) is 1. The van der Waals surface area contributed by atoms with Gasteiger partial charge in [-0.15, -0.1) is 0 Å². The van der Waals surface area contributed by atoms with Gasteiger partial charge >= 0.3 is 0 Å². The van der Waals surface area contributed by atoms with E-state index in [2.05, 4.69) is 31.2 Å². The summed E-state index contributed by atoms with van der Waals surface area (Å²) in [6.07, 6.45) is 2.18. The number of hydrogen-bond acceptors (Lipinski definition) is 3. The molecular formula is C15H14BrClFN3. The molecule has 3 nitrogen and oxygen atoms in total. The van der Waals surface area contributed by atoms with Crippen molar-refractivity contribution in [3.05, 3.63) is 38.8 Å². The largest absolute Gasteiger partial charge is 0.373 e. The molecule has 110 valence electrons. The van der Waals surface area contributed by atoms with Gasteiger partial charge in [-0.2, -0.15) is 0 Å². The van der Waals surface area contributed by atoms with E-state index < -0.39 is 5.82 Å². The van der Waals surface area contributed by atoms with Gasteiger partial charge in [0.25, 0.3) is 0 Å². The van der Waals surface area contributed by atoms with Crippen LogP contribution in [0.4, 0.5) is 10.2 Å². The summed E-state index contributed by atoms with van der Waals surface area (Å²) in [5, 5.41) is 3.13. The molecule has 6 heteroatoms. The van der Waals surface area contributed by atoms with E-state index in [9.17, 15) is 4.39 Å². The highest BCUT2D eigenvalue weighted by Crippen LogP contribution is 2.41. The van der Waals surface area contributed by atoms with Gasteiger partial charge in [0.2, 0.25) is 0 Å². The summed E-state index contributed by atoms with van der Waals surface area (Å²) in [6.45, 7) is 1.88. The lowest BCUT2D eigenvalue weighted by molar-refractivity contribution is 0.630. The molecule has 3 rings (SSSR count). The lowest BCUT2D eigenvalue weighted by Crippen LogP contribution is -2.05. The molecule has 1 aliphatic rings. The number of benzene rings is 1. The Bertz CT molecular complexity index is 717. The van der Waals surface area contributed by atoms with Gasteiger partial charge in [0.15, 0.2) is 5.82 Å². The molecule has 1 fully saturated rings. The van der Waals surface area contributed by atoms with Crippen molar-refractivity contribution in [2.24, 2.45) is 0 Å². The second-order valence-corrected chi connectivity index (χ2v) is 6.38.